The number of ether oxygens (including phenoxy) is 4. The number of nitrogens with one attached hydrogen (secondary N) is 1. The zero-order valence-electron chi connectivity index (χ0n) is 16.0. The fourth-order valence-electron chi connectivity index (χ4n) is 2.87. The number of nitrogens with two attached hydrogens (primary N) is 1. The van der Waals surface area contributed by atoms with Crippen LogP contribution in [0.2, 0.25) is 0 Å². The van der Waals surface area contributed by atoms with Crippen molar-refractivity contribution in [3.05, 3.63) is 47.7 Å². The van der Waals surface area contributed by atoms with E-state index < -0.39 is 0 Å². The molecule has 28 heavy (non-hydrogen) atoms. The summed E-state index contributed by atoms with van der Waals surface area (Å²) in [5, 5.41) is 0. The maximum atomic E-state index is 13.2. The number of aromatic nitrogens is 2. The molecule has 1 aromatic heterocycles. The van der Waals surface area contributed by atoms with Crippen LogP contribution in [-0.2, 0) is 0 Å². The van der Waals surface area contributed by atoms with Crippen LogP contribution in [0.4, 0.5) is 5.95 Å². The third-order valence-corrected chi connectivity index (χ3v) is 4.24. The minimum absolute atomic E-state index is 0.140. The van der Waals surface area contributed by atoms with Crippen molar-refractivity contribution in [3.63, 3.8) is 0 Å². The second kappa shape index (κ2) is 7.91. The molecule has 0 saturated heterocycles. The molecule has 3 aromatic rings. The summed E-state index contributed by atoms with van der Waals surface area (Å²) >= 11 is 0. The van der Waals surface area contributed by atoms with Gasteiger partial charge in [0.15, 0.2) is 17.4 Å². The average molecular weight is 383 g/mol. The predicted octanol–water partition coefficient (Wildman–Crippen LogP) is 2.92. The summed E-state index contributed by atoms with van der Waals surface area (Å²) in [6, 6.07) is 10.3. The van der Waals surface area contributed by atoms with E-state index in [4.69, 9.17) is 24.7 Å². The third kappa shape index (κ3) is 3.44. The number of aromatic amines is 1. The molecule has 146 valence electrons. The molecule has 3 N–H and O–H groups in total. The van der Waals surface area contributed by atoms with E-state index in [0.29, 0.717) is 34.3 Å². The van der Waals surface area contributed by atoms with Gasteiger partial charge < -0.3 is 29.7 Å². The number of methoxy groups -OCH3 is 4. The summed E-state index contributed by atoms with van der Waals surface area (Å²) in [6.45, 7) is 0. The first-order valence-electron chi connectivity index (χ1n) is 8.37. The molecular formula is C20H21N3O5. The first-order valence-corrected chi connectivity index (χ1v) is 8.37. The van der Waals surface area contributed by atoms with Crippen molar-refractivity contribution in [3.8, 4) is 34.3 Å². The number of nitrogens with zero attached hydrogens (tertiary/aromatic N) is 1. The Balaban J connectivity index is 2.08. The van der Waals surface area contributed by atoms with Crippen molar-refractivity contribution in [1.29, 1.82) is 0 Å². The van der Waals surface area contributed by atoms with E-state index in [9.17, 15) is 4.79 Å². The van der Waals surface area contributed by atoms with Crippen molar-refractivity contribution in [2.75, 3.05) is 34.2 Å². The van der Waals surface area contributed by atoms with E-state index in [1.807, 2.05) is 0 Å². The monoisotopic (exact) mass is 383 g/mol. The van der Waals surface area contributed by atoms with E-state index in [0.717, 1.165) is 5.56 Å². The first-order chi connectivity index (χ1) is 13.5. The summed E-state index contributed by atoms with van der Waals surface area (Å²) in [5.74, 6) is 1.69. The van der Waals surface area contributed by atoms with Gasteiger partial charge in [-0.15, -0.1) is 0 Å². The highest BCUT2D eigenvalue weighted by Gasteiger charge is 2.23. The van der Waals surface area contributed by atoms with Crippen molar-refractivity contribution in [1.82, 2.24) is 9.97 Å². The van der Waals surface area contributed by atoms with Crippen molar-refractivity contribution in [2.24, 2.45) is 0 Å². The minimum Gasteiger partial charge on any atom is -0.497 e. The largest absolute Gasteiger partial charge is 0.497 e. The maximum Gasteiger partial charge on any atom is 0.211 e. The summed E-state index contributed by atoms with van der Waals surface area (Å²) in [4.78, 5) is 20.3. The molecule has 3 rings (SSSR count). The second-order valence-electron chi connectivity index (χ2n) is 5.82. The SMILES string of the molecule is COc1ccc(-c2nc(N)[nH]c2C(=O)c2cc(OC)c(OC)c(OC)c2)cc1. The molecular weight excluding hydrogens is 362 g/mol. The lowest BCUT2D eigenvalue weighted by Gasteiger charge is -2.13. The van der Waals surface area contributed by atoms with Gasteiger partial charge in [0, 0.05) is 11.1 Å². The van der Waals surface area contributed by atoms with E-state index in [1.165, 1.54) is 21.3 Å². The van der Waals surface area contributed by atoms with Gasteiger partial charge in [0.1, 0.15) is 17.1 Å². The van der Waals surface area contributed by atoms with Gasteiger partial charge in [0.05, 0.1) is 28.4 Å². The van der Waals surface area contributed by atoms with Crippen LogP contribution in [0.1, 0.15) is 16.1 Å². The standard InChI is InChI=1S/C20H21N3O5/c1-25-13-7-5-11(6-8-13)16-17(23-20(21)22-16)18(24)12-9-14(26-2)19(28-4)15(10-12)27-3/h5-10H,1-4H3,(H3,21,22,23). The van der Waals surface area contributed by atoms with Gasteiger partial charge in [-0.3, -0.25) is 4.79 Å². The van der Waals surface area contributed by atoms with E-state index in [-0.39, 0.29) is 17.4 Å². The number of hydrogen-bond acceptors (Lipinski definition) is 7. The van der Waals surface area contributed by atoms with E-state index in [1.54, 1.807) is 43.5 Å². The molecule has 0 aliphatic carbocycles. The number of imidazole rings is 1. The number of carbonyl (C=O) groups excluding carboxylic acids is 1. The van der Waals surface area contributed by atoms with E-state index >= 15 is 0 Å². The lowest BCUT2D eigenvalue weighted by molar-refractivity contribution is 0.103. The lowest BCUT2D eigenvalue weighted by atomic mass is 10.0. The maximum absolute atomic E-state index is 13.2. The molecule has 0 aliphatic rings. The smallest absolute Gasteiger partial charge is 0.211 e. The molecule has 8 nitrogen and oxygen atoms in total. The van der Waals surface area contributed by atoms with Crippen molar-refractivity contribution in [2.45, 2.75) is 0 Å². The molecule has 8 heteroatoms. The summed E-state index contributed by atoms with van der Waals surface area (Å²) < 4.78 is 21.1. The number of nitrogen functional groups attached to an aromatic ring is 1. The Labute approximate surface area is 162 Å². The zero-order valence-corrected chi connectivity index (χ0v) is 16.0. The molecule has 0 saturated carbocycles. The molecule has 0 bridgehead atoms. The number of hydrogen-bond donors (Lipinski definition) is 2. The summed E-state index contributed by atoms with van der Waals surface area (Å²) in [6.07, 6.45) is 0. The Morgan fingerprint density at radius 1 is 0.929 bits per heavy atom. The average Bonchev–Trinajstić information content (AvgIpc) is 3.13. The lowest BCUT2D eigenvalue weighted by Crippen LogP contribution is -2.06. The highest BCUT2D eigenvalue weighted by Crippen LogP contribution is 2.39. The molecule has 0 fully saturated rings. The van der Waals surface area contributed by atoms with Crippen LogP contribution in [0.15, 0.2) is 36.4 Å². The molecule has 0 atom stereocenters. The van der Waals surface area contributed by atoms with Gasteiger partial charge in [-0.25, -0.2) is 4.98 Å². The summed E-state index contributed by atoms with van der Waals surface area (Å²) in [5.41, 5.74) is 7.61. The Bertz CT molecular complexity index is 971. The molecule has 0 unspecified atom stereocenters. The number of rotatable bonds is 7. The number of ketones is 1. The Kier molecular flexibility index (Phi) is 5.39. The number of benzene rings is 2. The molecule has 0 spiro atoms. The van der Waals surface area contributed by atoms with E-state index in [2.05, 4.69) is 9.97 Å². The number of carbonyl (C=O) groups is 1. The topological polar surface area (TPSA) is 109 Å². The predicted molar refractivity (Wildman–Crippen MR) is 105 cm³/mol. The zero-order chi connectivity index (χ0) is 20.3. The van der Waals surface area contributed by atoms with Crippen molar-refractivity contribution < 1.29 is 23.7 Å². The highest BCUT2D eigenvalue weighted by atomic mass is 16.5. The fourth-order valence-corrected chi connectivity index (χ4v) is 2.87. The van der Waals surface area contributed by atoms with Crippen molar-refractivity contribution >= 4 is 11.7 Å². The Morgan fingerprint density at radius 2 is 1.54 bits per heavy atom. The highest BCUT2D eigenvalue weighted by molar-refractivity contribution is 6.12. The fraction of sp³-hybridized carbons (Fsp3) is 0.200. The van der Waals surface area contributed by atoms with Crippen LogP contribution >= 0.6 is 0 Å². The molecule has 2 aromatic carbocycles. The van der Waals surface area contributed by atoms with Crippen LogP contribution in [-0.4, -0.2) is 44.2 Å². The minimum atomic E-state index is -0.311. The number of anilines is 1. The van der Waals surface area contributed by atoms with Crippen LogP contribution in [0.5, 0.6) is 23.0 Å². The van der Waals surface area contributed by atoms with Crippen LogP contribution in [0.3, 0.4) is 0 Å². The van der Waals surface area contributed by atoms with Crippen LogP contribution in [0, 0.1) is 0 Å². The molecule has 1 heterocycles. The van der Waals surface area contributed by atoms with Crippen LogP contribution in [0.25, 0.3) is 11.3 Å². The van der Waals surface area contributed by atoms with Gasteiger partial charge in [-0.2, -0.15) is 0 Å². The van der Waals surface area contributed by atoms with Crippen LogP contribution < -0.4 is 24.7 Å². The Morgan fingerprint density at radius 3 is 2.04 bits per heavy atom. The summed E-state index contributed by atoms with van der Waals surface area (Å²) in [7, 11) is 6.06. The normalized spacial score (nSPS) is 10.4. The van der Waals surface area contributed by atoms with Gasteiger partial charge in [-0.05, 0) is 36.4 Å². The quantitative estimate of drug-likeness (QED) is 0.604. The Hall–Kier alpha value is -3.68. The molecule has 0 amide bonds. The van der Waals surface area contributed by atoms with Gasteiger partial charge in [-0.1, -0.05) is 0 Å². The van der Waals surface area contributed by atoms with Gasteiger partial charge >= 0.3 is 0 Å². The van der Waals surface area contributed by atoms with Gasteiger partial charge in [0.2, 0.25) is 11.5 Å². The molecule has 0 radical (unpaired) electrons. The molecule has 0 aliphatic heterocycles. The second-order valence-corrected chi connectivity index (χ2v) is 5.82. The first kappa shape index (κ1) is 19.1. The third-order valence-electron chi connectivity index (χ3n) is 4.24. The number of H-pyrrole nitrogens is 1. The van der Waals surface area contributed by atoms with Gasteiger partial charge in [0.25, 0.3) is 0 Å².